The molecule has 0 fully saturated rings. The fourth-order valence-corrected chi connectivity index (χ4v) is 2.03. The second-order valence-electron chi connectivity index (χ2n) is 4.98. The molecule has 0 unspecified atom stereocenters. The fraction of sp³-hybridized carbons (Fsp3) is 0.500. The van der Waals surface area contributed by atoms with Crippen molar-refractivity contribution in [3.63, 3.8) is 0 Å². The molecule has 2 heterocycles. The van der Waals surface area contributed by atoms with Gasteiger partial charge in [-0.1, -0.05) is 0 Å². The summed E-state index contributed by atoms with van der Waals surface area (Å²) >= 11 is 0. The molecule has 1 aliphatic rings. The van der Waals surface area contributed by atoms with E-state index in [2.05, 4.69) is 15.3 Å². The lowest BCUT2D eigenvalue weighted by Crippen LogP contribution is -2.27. The maximum Gasteiger partial charge on any atom is 0.466 e. The summed E-state index contributed by atoms with van der Waals surface area (Å²) < 4.78 is 33.2. The van der Waals surface area contributed by atoms with Crippen LogP contribution in [0.5, 0.6) is 0 Å². The van der Waals surface area contributed by atoms with Crippen LogP contribution in [0.15, 0.2) is 4.79 Å². The summed E-state index contributed by atoms with van der Waals surface area (Å²) in [6.45, 7) is 0.782. The molecule has 0 saturated carbocycles. The number of phosphoric acid groups is 2. The van der Waals surface area contributed by atoms with Crippen LogP contribution in [0.4, 0.5) is 17.5 Å². The van der Waals surface area contributed by atoms with Crippen molar-refractivity contribution < 1.29 is 57.6 Å². The number of rotatable bonds is 5. The van der Waals surface area contributed by atoms with Gasteiger partial charge in [-0.15, -0.1) is 0 Å². The Bertz CT molecular complexity index is 822. The summed E-state index contributed by atoms with van der Waals surface area (Å²) in [4.78, 5) is 80.0. The second kappa shape index (κ2) is 11.1. The molecule has 0 aliphatic carbocycles. The topological polar surface area (TPSA) is 309 Å². The number of hydrogen-bond donors (Lipinski definition) is 11. The van der Waals surface area contributed by atoms with Crippen molar-refractivity contribution in [2.75, 3.05) is 42.1 Å². The van der Waals surface area contributed by atoms with E-state index in [9.17, 15) is 9.36 Å². The molecular formula is C8H20N5O13P3. The van der Waals surface area contributed by atoms with Gasteiger partial charge in [-0.2, -0.15) is 4.98 Å². The molecule has 2 rings (SSSR count). The first-order chi connectivity index (χ1) is 12.9. The summed E-state index contributed by atoms with van der Waals surface area (Å²) in [6, 6.07) is 0. The minimum absolute atomic E-state index is 0.00795. The highest BCUT2D eigenvalue weighted by Crippen LogP contribution is 2.34. The number of aromatic nitrogens is 2. The Hall–Kier alpha value is -1.39. The van der Waals surface area contributed by atoms with Gasteiger partial charge >= 0.3 is 23.2 Å². The number of fused-ring (bicyclic) bond motifs is 1. The standard InChI is InChI=1S/C8H14N5O5P.2H3O4P/c9-8-11-6-5(7(14)12-8)10-3-13(6)1-2-18-4-19(15,16)17;2*1-5(2,3)4/h10H,1-4H2,(H2,15,16,17)(H3,9,11,12,14);2*(H3,1,2,3,4). The van der Waals surface area contributed by atoms with E-state index < -0.39 is 29.6 Å². The van der Waals surface area contributed by atoms with Crippen molar-refractivity contribution in [2.45, 2.75) is 0 Å². The van der Waals surface area contributed by atoms with Gasteiger partial charge < -0.3 is 59.8 Å². The van der Waals surface area contributed by atoms with E-state index >= 15 is 0 Å². The van der Waals surface area contributed by atoms with Crippen molar-refractivity contribution in [1.29, 1.82) is 0 Å². The molecule has 0 saturated heterocycles. The van der Waals surface area contributed by atoms with E-state index in [0.29, 0.717) is 24.7 Å². The molecule has 0 radical (unpaired) electrons. The van der Waals surface area contributed by atoms with Crippen molar-refractivity contribution in [1.82, 2.24) is 9.97 Å². The molecule has 0 amide bonds. The highest BCUT2D eigenvalue weighted by Gasteiger charge is 2.23. The highest BCUT2D eigenvalue weighted by molar-refractivity contribution is 7.51. The molecule has 170 valence electrons. The third-order valence-corrected chi connectivity index (χ3v) is 2.95. The molecular weight excluding hydrogens is 467 g/mol. The number of ether oxygens (including phenoxy) is 1. The summed E-state index contributed by atoms with van der Waals surface area (Å²) in [6.07, 6.45) is -0.633. The molecule has 0 atom stereocenters. The number of nitrogens with zero attached hydrogens (tertiary/aromatic N) is 2. The molecule has 1 aliphatic heterocycles. The number of nitrogens with two attached hydrogens (primary N) is 1. The van der Waals surface area contributed by atoms with E-state index in [1.165, 1.54) is 0 Å². The van der Waals surface area contributed by atoms with E-state index in [-0.39, 0.29) is 18.1 Å². The zero-order valence-corrected chi connectivity index (χ0v) is 16.9. The zero-order valence-electron chi connectivity index (χ0n) is 14.3. The molecule has 1 aromatic rings. The molecule has 0 bridgehead atoms. The first kappa shape index (κ1) is 27.6. The third kappa shape index (κ3) is 16.1. The number of nitrogens with one attached hydrogen (secondary N) is 2. The van der Waals surface area contributed by atoms with Gasteiger partial charge in [0.15, 0.2) is 5.82 Å². The van der Waals surface area contributed by atoms with Crippen LogP contribution in [0.25, 0.3) is 0 Å². The first-order valence-corrected chi connectivity index (χ1v) is 11.9. The number of anilines is 3. The lowest BCUT2D eigenvalue weighted by molar-refractivity contribution is 0.163. The summed E-state index contributed by atoms with van der Waals surface area (Å²) in [5.74, 6) is 0.412. The zero-order chi connectivity index (χ0) is 23.0. The minimum atomic E-state index is -4.64. The van der Waals surface area contributed by atoms with E-state index in [1.54, 1.807) is 4.90 Å². The normalized spacial score (nSPS) is 13.4. The fourth-order valence-electron chi connectivity index (χ4n) is 1.66. The van der Waals surface area contributed by atoms with Gasteiger partial charge in [-0.3, -0.25) is 14.3 Å². The Morgan fingerprint density at radius 1 is 1.03 bits per heavy atom. The van der Waals surface area contributed by atoms with Crippen LogP contribution in [0.3, 0.4) is 0 Å². The quantitative estimate of drug-likeness (QED) is 0.144. The Morgan fingerprint density at radius 3 is 1.97 bits per heavy atom. The number of aromatic amines is 1. The van der Waals surface area contributed by atoms with Crippen LogP contribution >= 0.6 is 23.2 Å². The molecule has 21 heteroatoms. The van der Waals surface area contributed by atoms with Gasteiger partial charge in [0.2, 0.25) is 5.95 Å². The van der Waals surface area contributed by atoms with Gasteiger partial charge in [0, 0.05) is 6.54 Å². The van der Waals surface area contributed by atoms with E-state index in [4.69, 9.17) is 58.7 Å². The number of H-pyrrole nitrogens is 1. The monoisotopic (exact) mass is 487 g/mol. The molecule has 0 spiro atoms. The first-order valence-electron chi connectivity index (χ1n) is 6.94. The highest BCUT2D eigenvalue weighted by atomic mass is 31.2. The maximum atomic E-state index is 11.5. The van der Waals surface area contributed by atoms with Crippen LogP contribution in [-0.2, 0) is 18.4 Å². The lowest BCUT2D eigenvalue weighted by atomic mass is 10.4. The van der Waals surface area contributed by atoms with Gasteiger partial charge in [0.05, 0.1) is 13.3 Å². The average molecular weight is 487 g/mol. The summed E-state index contributed by atoms with van der Waals surface area (Å²) in [5, 5.41) is 2.86. The van der Waals surface area contributed by atoms with Gasteiger partial charge in [-0.25, -0.2) is 9.13 Å². The smallest absolute Gasteiger partial charge is 0.369 e. The SMILES string of the molecule is Nc1nc2c(c(=O)[nH]1)NCN2CCOCP(=O)(O)O.O=P(O)(O)O.O=P(O)(O)O. The van der Waals surface area contributed by atoms with Crippen LogP contribution in [0, 0.1) is 0 Å². The Morgan fingerprint density at radius 2 is 1.52 bits per heavy atom. The molecule has 1 aromatic heterocycles. The van der Waals surface area contributed by atoms with Crippen molar-refractivity contribution >= 4 is 40.7 Å². The third-order valence-electron chi connectivity index (χ3n) is 2.43. The number of hydrogen-bond acceptors (Lipinski definition) is 9. The summed E-state index contributed by atoms with van der Waals surface area (Å²) in [7, 11) is -13.4. The van der Waals surface area contributed by atoms with Crippen LogP contribution in [0.2, 0.25) is 0 Å². The maximum absolute atomic E-state index is 11.5. The Labute approximate surface area is 161 Å². The molecule has 18 nitrogen and oxygen atoms in total. The Kier molecular flexibility index (Phi) is 10.6. The predicted molar refractivity (Wildman–Crippen MR) is 96.5 cm³/mol. The van der Waals surface area contributed by atoms with E-state index in [1.807, 2.05) is 0 Å². The van der Waals surface area contributed by atoms with Crippen LogP contribution < -0.4 is 21.5 Å². The largest absolute Gasteiger partial charge is 0.466 e. The predicted octanol–water partition coefficient (Wildman–Crippen LogP) is -3.16. The molecule has 0 aromatic carbocycles. The van der Waals surface area contributed by atoms with Crippen LogP contribution in [-0.4, -0.2) is 75.3 Å². The lowest BCUT2D eigenvalue weighted by Gasteiger charge is -2.16. The van der Waals surface area contributed by atoms with Gasteiger partial charge in [0.25, 0.3) is 5.56 Å². The van der Waals surface area contributed by atoms with Crippen molar-refractivity contribution in [2.24, 2.45) is 0 Å². The minimum Gasteiger partial charge on any atom is -0.369 e. The second-order valence-corrected chi connectivity index (χ2v) is 8.62. The van der Waals surface area contributed by atoms with Crippen molar-refractivity contribution in [3.05, 3.63) is 10.4 Å². The molecule has 29 heavy (non-hydrogen) atoms. The summed E-state index contributed by atoms with van der Waals surface area (Å²) in [5.41, 5.74) is 5.41. The number of nitrogen functional groups attached to an aromatic ring is 1. The van der Waals surface area contributed by atoms with E-state index in [0.717, 1.165) is 0 Å². The Balaban J connectivity index is 0.000000653. The van der Waals surface area contributed by atoms with Crippen molar-refractivity contribution in [3.8, 4) is 0 Å². The van der Waals surface area contributed by atoms with Gasteiger partial charge in [-0.05, 0) is 0 Å². The van der Waals surface area contributed by atoms with Gasteiger partial charge in [0.1, 0.15) is 12.0 Å². The average Bonchev–Trinajstić information content (AvgIpc) is 2.82. The molecule has 12 N–H and O–H groups in total. The van der Waals surface area contributed by atoms with Crippen LogP contribution in [0.1, 0.15) is 0 Å².